The fraction of sp³-hybridized carbons (Fsp3) is 0.636. The molecule has 1 aliphatic heterocycles. The lowest BCUT2D eigenvalue weighted by atomic mass is 10.1. The summed E-state index contributed by atoms with van der Waals surface area (Å²) >= 11 is 1.29. The van der Waals surface area contributed by atoms with Crippen molar-refractivity contribution in [1.82, 2.24) is 4.98 Å². The zero-order valence-electron chi connectivity index (χ0n) is 10.3. The Kier molecular flexibility index (Phi) is 3.56. The van der Waals surface area contributed by atoms with Crippen molar-refractivity contribution >= 4 is 22.4 Å². The van der Waals surface area contributed by atoms with Crippen LogP contribution in [0.2, 0.25) is 0 Å². The number of aliphatic hydroxyl groups excluding tert-OH is 1. The summed E-state index contributed by atoms with van der Waals surface area (Å²) in [5.41, 5.74) is -0.333. The summed E-state index contributed by atoms with van der Waals surface area (Å²) in [6.07, 6.45) is -0.272. The Balaban J connectivity index is 2.18. The number of ether oxygens (including phenoxy) is 1. The first kappa shape index (κ1) is 13.3. The van der Waals surface area contributed by atoms with Gasteiger partial charge in [-0.1, -0.05) is 0 Å². The smallest absolute Gasteiger partial charge is 0.355 e. The molecule has 0 saturated carbocycles. The van der Waals surface area contributed by atoms with Gasteiger partial charge in [0.1, 0.15) is 0 Å². The standard InChI is InChI=1S/C11H16N2O4S/c1-11(2)6-13(3-7(4-14)17-11)10-12-8(5-18-10)9(15)16/h5,7,14H,3-4,6H2,1-2H3,(H,15,16). The summed E-state index contributed by atoms with van der Waals surface area (Å²) in [6.45, 7) is 4.96. The van der Waals surface area contributed by atoms with Crippen molar-refractivity contribution in [3.8, 4) is 0 Å². The molecule has 6 nitrogen and oxygen atoms in total. The number of nitrogens with zero attached hydrogens (tertiary/aromatic N) is 2. The van der Waals surface area contributed by atoms with E-state index in [1.54, 1.807) is 0 Å². The number of carboxylic acid groups (broad SMARTS) is 1. The van der Waals surface area contributed by atoms with Gasteiger partial charge in [-0.05, 0) is 13.8 Å². The van der Waals surface area contributed by atoms with Gasteiger partial charge >= 0.3 is 5.97 Å². The number of aromatic nitrogens is 1. The van der Waals surface area contributed by atoms with E-state index in [1.807, 2.05) is 18.7 Å². The highest BCUT2D eigenvalue weighted by Crippen LogP contribution is 2.28. The summed E-state index contributed by atoms with van der Waals surface area (Å²) in [5.74, 6) is -1.02. The third-order valence-corrected chi connectivity index (χ3v) is 3.57. The first-order valence-electron chi connectivity index (χ1n) is 5.64. The number of hydrogen-bond donors (Lipinski definition) is 2. The van der Waals surface area contributed by atoms with E-state index in [0.29, 0.717) is 18.2 Å². The van der Waals surface area contributed by atoms with Crippen molar-refractivity contribution in [3.63, 3.8) is 0 Å². The average Bonchev–Trinajstić information content (AvgIpc) is 2.76. The molecule has 7 heteroatoms. The summed E-state index contributed by atoms with van der Waals surface area (Å²) in [5, 5.41) is 20.3. The normalized spacial score (nSPS) is 23.1. The zero-order valence-corrected chi connectivity index (χ0v) is 11.1. The van der Waals surface area contributed by atoms with Gasteiger partial charge in [0.05, 0.1) is 18.3 Å². The Bertz CT molecular complexity index is 446. The summed E-state index contributed by atoms with van der Waals surface area (Å²) in [7, 11) is 0. The average molecular weight is 272 g/mol. The molecule has 0 bridgehead atoms. The van der Waals surface area contributed by atoms with Gasteiger partial charge in [0.25, 0.3) is 0 Å². The second kappa shape index (κ2) is 4.83. The predicted molar refractivity (Wildman–Crippen MR) is 67.3 cm³/mol. The second-order valence-electron chi connectivity index (χ2n) is 4.88. The number of hydrogen-bond acceptors (Lipinski definition) is 6. The molecule has 100 valence electrons. The van der Waals surface area contributed by atoms with Crippen LogP contribution in [0.1, 0.15) is 24.3 Å². The lowest BCUT2D eigenvalue weighted by molar-refractivity contribution is -0.101. The SMILES string of the molecule is CC1(C)CN(c2nc(C(=O)O)cs2)CC(CO)O1. The summed E-state index contributed by atoms with van der Waals surface area (Å²) < 4.78 is 5.70. The monoisotopic (exact) mass is 272 g/mol. The van der Waals surface area contributed by atoms with Gasteiger partial charge in [0.2, 0.25) is 0 Å². The van der Waals surface area contributed by atoms with E-state index in [1.165, 1.54) is 16.7 Å². The second-order valence-corrected chi connectivity index (χ2v) is 5.72. The van der Waals surface area contributed by atoms with Gasteiger partial charge in [-0.3, -0.25) is 0 Å². The summed E-state index contributed by atoms with van der Waals surface area (Å²) in [4.78, 5) is 16.8. The molecule has 1 fully saturated rings. The molecule has 1 atom stereocenters. The number of rotatable bonds is 3. The maximum Gasteiger partial charge on any atom is 0.355 e. The highest BCUT2D eigenvalue weighted by molar-refractivity contribution is 7.13. The molecule has 0 amide bonds. The minimum Gasteiger partial charge on any atom is -0.476 e. The number of aliphatic hydroxyl groups is 1. The van der Waals surface area contributed by atoms with E-state index in [4.69, 9.17) is 9.84 Å². The van der Waals surface area contributed by atoms with Crippen LogP contribution in [-0.4, -0.2) is 52.6 Å². The van der Waals surface area contributed by atoms with E-state index < -0.39 is 5.97 Å². The Hall–Kier alpha value is -1.18. The molecule has 1 aromatic rings. The van der Waals surface area contributed by atoms with Crippen molar-refractivity contribution in [2.75, 3.05) is 24.6 Å². The van der Waals surface area contributed by atoms with Crippen LogP contribution in [-0.2, 0) is 4.74 Å². The third kappa shape index (κ3) is 2.80. The molecule has 2 rings (SSSR count). The van der Waals surface area contributed by atoms with E-state index in [-0.39, 0.29) is 24.0 Å². The highest BCUT2D eigenvalue weighted by atomic mass is 32.1. The van der Waals surface area contributed by atoms with Crippen molar-refractivity contribution < 1.29 is 19.7 Å². The van der Waals surface area contributed by atoms with Crippen LogP contribution < -0.4 is 4.90 Å². The van der Waals surface area contributed by atoms with E-state index >= 15 is 0 Å². The van der Waals surface area contributed by atoms with Gasteiger partial charge in [0, 0.05) is 18.5 Å². The highest BCUT2D eigenvalue weighted by Gasteiger charge is 2.34. The van der Waals surface area contributed by atoms with Crippen LogP contribution in [0.25, 0.3) is 0 Å². The van der Waals surface area contributed by atoms with Crippen LogP contribution in [0, 0.1) is 0 Å². The van der Waals surface area contributed by atoms with Gasteiger partial charge in [0.15, 0.2) is 10.8 Å². The number of aromatic carboxylic acids is 1. The lowest BCUT2D eigenvalue weighted by Crippen LogP contribution is -2.54. The fourth-order valence-electron chi connectivity index (χ4n) is 2.04. The Morgan fingerprint density at radius 1 is 1.72 bits per heavy atom. The first-order valence-corrected chi connectivity index (χ1v) is 6.52. The number of carbonyl (C=O) groups is 1. The number of carboxylic acids is 1. The molecule has 18 heavy (non-hydrogen) atoms. The lowest BCUT2D eigenvalue weighted by Gasteiger charge is -2.42. The van der Waals surface area contributed by atoms with Crippen LogP contribution in [0.4, 0.5) is 5.13 Å². The zero-order chi connectivity index (χ0) is 13.3. The maximum absolute atomic E-state index is 10.8. The quantitative estimate of drug-likeness (QED) is 0.847. The van der Waals surface area contributed by atoms with Crippen LogP contribution in [0.15, 0.2) is 5.38 Å². The van der Waals surface area contributed by atoms with Crippen LogP contribution >= 0.6 is 11.3 Å². The van der Waals surface area contributed by atoms with Gasteiger partial charge in [-0.15, -0.1) is 11.3 Å². The predicted octanol–water partition coefficient (Wildman–Crippen LogP) is 0.817. The van der Waals surface area contributed by atoms with Crippen molar-refractivity contribution in [3.05, 3.63) is 11.1 Å². The molecular formula is C11H16N2O4S. The first-order chi connectivity index (χ1) is 8.41. The Morgan fingerprint density at radius 3 is 3.00 bits per heavy atom. The number of anilines is 1. The number of morpholine rings is 1. The van der Waals surface area contributed by atoms with Gasteiger partial charge in [-0.25, -0.2) is 9.78 Å². The van der Waals surface area contributed by atoms with Crippen molar-refractivity contribution in [2.45, 2.75) is 25.6 Å². The molecule has 1 aromatic heterocycles. The molecule has 1 aliphatic rings. The van der Waals surface area contributed by atoms with Crippen LogP contribution in [0.5, 0.6) is 0 Å². The topological polar surface area (TPSA) is 82.9 Å². The van der Waals surface area contributed by atoms with E-state index in [2.05, 4.69) is 4.98 Å². The molecule has 0 spiro atoms. The van der Waals surface area contributed by atoms with E-state index in [9.17, 15) is 9.90 Å². The molecule has 0 aromatic carbocycles. The fourth-order valence-corrected chi connectivity index (χ4v) is 2.85. The molecule has 1 saturated heterocycles. The minimum atomic E-state index is -1.02. The molecule has 0 radical (unpaired) electrons. The Labute approximate surface area is 109 Å². The van der Waals surface area contributed by atoms with Crippen LogP contribution in [0.3, 0.4) is 0 Å². The van der Waals surface area contributed by atoms with Gasteiger partial charge in [-0.2, -0.15) is 0 Å². The minimum absolute atomic E-state index is 0.0554. The molecule has 2 N–H and O–H groups in total. The van der Waals surface area contributed by atoms with E-state index in [0.717, 1.165) is 0 Å². The molecule has 1 unspecified atom stereocenters. The largest absolute Gasteiger partial charge is 0.476 e. The molecule has 2 heterocycles. The number of thiazole rings is 1. The van der Waals surface area contributed by atoms with Gasteiger partial charge < -0.3 is 19.8 Å². The maximum atomic E-state index is 10.8. The summed E-state index contributed by atoms with van der Waals surface area (Å²) in [6, 6.07) is 0. The molecular weight excluding hydrogens is 256 g/mol. The van der Waals surface area contributed by atoms with Crippen molar-refractivity contribution in [1.29, 1.82) is 0 Å². The Morgan fingerprint density at radius 2 is 2.44 bits per heavy atom. The third-order valence-electron chi connectivity index (χ3n) is 2.67. The van der Waals surface area contributed by atoms with Crippen molar-refractivity contribution in [2.24, 2.45) is 0 Å². The molecule has 0 aliphatic carbocycles.